The second-order valence-corrected chi connectivity index (χ2v) is 6.33. The number of amides is 1. The van der Waals surface area contributed by atoms with Gasteiger partial charge in [0.15, 0.2) is 5.58 Å². The lowest BCUT2D eigenvalue weighted by atomic mass is 10.1. The molecule has 116 valence electrons. The van der Waals surface area contributed by atoms with E-state index in [1.807, 2.05) is 29.2 Å². The van der Waals surface area contributed by atoms with E-state index < -0.39 is 0 Å². The van der Waals surface area contributed by atoms with Crippen LogP contribution >= 0.6 is 0 Å². The highest BCUT2D eigenvalue weighted by molar-refractivity contribution is 5.86. The SMILES string of the molecule is O=C(Cc1noc2ccccc12)N1CCCN2CCC[C@H]2C1. The summed E-state index contributed by atoms with van der Waals surface area (Å²) in [5.74, 6) is 0.174. The molecule has 2 aliphatic rings. The van der Waals surface area contributed by atoms with Crippen LogP contribution in [0.3, 0.4) is 0 Å². The molecule has 1 amide bonds. The molecule has 0 spiro atoms. The van der Waals surface area contributed by atoms with E-state index >= 15 is 0 Å². The number of hydrogen-bond acceptors (Lipinski definition) is 4. The third-order valence-corrected chi connectivity index (χ3v) is 4.93. The van der Waals surface area contributed by atoms with Crippen LogP contribution in [0.15, 0.2) is 28.8 Å². The van der Waals surface area contributed by atoms with Crippen molar-refractivity contribution in [3.05, 3.63) is 30.0 Å². The van der Waals surface area contributed by atoms with Crippen LogP contribution in [0.1, 0.15) is 25.0 Å². The summed E-state index contributed by atoms with van der Waals surface area (Å²) in [5, 5.41) is 5.04. The Balaban J connectivity index is 1.49. The van der Waals surface area contributed by atoms with Gasteiger partial charge in [0.1, 0.15) is 5.69 Å². The molecular weight excluding hydrogens is 278 g/mol. The van der Waals surface area contributed by atoms with Crippen molar-refractivity contribution in [3.8, 4) is 0 Å². The minimum atomic E-state index is 0.174. The maximum atomic E-state index is 12.7. The van der Waals surface area contributed by atoms with Crippen LogP contribution in [0.25, 0.3) is 11.0 Å². The molecule has 5 heteroatoms. The number of carbonyl (C=O) groups is 1. The monoisotopic (exact) mass is 299 g/mol. The topological polar surface area (TPSA) is 49.6 Å². The zero-order chi connectivity index (χ0) is 14.9. The molecule has 1 aromatic carbocycles. The lowest BCUT2D eigenvalue weighted by Crippen LogP contribution is -2.40. The van der Waals surface area contributed by atoms with Gasteiger partial charge in [0.05, 0.1) is 6.42 Å². The third kappa shape index (κ3) is 2.50. The molecule has 4 rings (SSSR count). The molecular formula is C17H21N3O2. The number of para-hydroxylation sites is 1. The van der Waals surface area contributed by atoms with E-state index in [1.54, 1.807) is 0 Å². The first-order valence-corrected chi connectivity index (χ1v) is 8.16. The van der Waals surface area contributed by atoms with Crippen molar-refractivity contribution in [2.75, 3.05) is 26.2 Å². The molecule has 0 bridgehead atoms. The van der Waals surface area contributed by atoms with Gasteiger partial charge < -0.3 is 9.42 Å². The molecule has 2 aliphatic heterocycles. The van der Waals surface area contributed by atoms with Gasteiger partial charge in [-0.1, -0.05) is 17.3 Å². The number of fused-ring (bicyclic) bond motifs is 2. The molecule has 1 aromatic heterocycles. The molecule has 2 saturated heterocycles. The van der Waals surface area contributed by atoms with Crippen LogP contribution in [-0.2, 0) is 11.2 Å². The van der Waals surface area contributed by atoms with E-state index in [4.69, 9.17) is 4.52 Å². The minimum Gasteiger partial charge on any atom is -0.356 e. The summed E-state index contributed by atoms with van der Waals surface area (Å²) in [6.45, 7) is 4.05. The maximum Gasteiger partial charge on any atom is 0.228 e. The Morgan fingerprint density at radius 2 is 2.09 bits per heavy atom. The minimum absolute atomic E-state index is 0.174. The highest BCUT2D eigenvalue weighted by Crippen LogP contribution is 2.23. The van der Waals surface area contributed by atoms with E-state index in [9.17, 15) is 4.79 Å². The Labute approximate surface area is 129 Å². The zero-order valence-electron chi connectivity index (χ0n) is 12.7. The molecule has 2 aromatic rings. The van der Waals surface area contributed by atoms with Crippen LogP contribution in [0, 0.1) is 0 Å². The summed E-state index contributed by atoms with van der Waals surface area (Å²) >= 11 is 0. The van der Waals surface area contributed by atoms with Gasteiger partial charge in [-0.05, 0) is 37.9 Å². The van der Waals surface area contributed by atoms with Gasteiger partial charge in [0.2, 0.25) is 5.91 Å². The molecule has 3 heterocycles. The summed E-state index contributed by atoms with van der Waals surface area (Å²) in [7, 11) is 0. The van der Waals surface area contributed by atoms with E-state index in [2.05, 4.69) is 10.1 Å². The predicted octanol–water partition coefficient (Wildman–Crippen LogP) is 2.07. The van der Waals surface area contributed by atoms with Crippen LogP contribution < -0.4 is 0 Å². The van der Waals surface area contributed by atoms with Crippen LogP contribution in [0.5, 0.6) is 0 Å². The summed E-state index contributed by atoms with van der Waals surface area (Å²) in [5.41, 5.74) is 1.51. The average molecular weight is 299 g/mol. The van der Waals surface area contributed by atoms with Crippen molar-refractivity contribution < 1.29 is 9.32 Å². The molecule has 0 unspecified atom stereocenters. The molecule has 2 fully saturated rings. The average Bonchev–Trinajstić information content (AvgIpc) is 3.09. The first kappa shape index (κ1) is 13.8. The first-order chi connectivity index (χ1) is 10.8. The smallest absolute Gasteiger partial charge is 0.228 e. The molecule has 0 saturated carbocycles. The fourth-order valence-electron chi connectivity index (χ4n) is 3.75. The van der Waals surface area contributed by atoms with Crippen LogP contribution in [0.4, 0.5) is 0 Å². The summed E-state index contributed by atoms with van der Waals surface area (Å²) in [4.78, 5) is 17.2. The molecule has 0 radical (unpaired) electrons. The van der Waals surface area contributed by atoms with Crippen molar-refractivity contribution in [2.45, 2.75) is 31.7 Å². The van der Waals surface area contributed by atoms with Crippen LogP contribution in [0.2, 0.25) is 0 Å². The predicted molar refractivity (Wildman–Crippen MR) is 83.5 cm³/mol. The van der Waals surface area contributed by atoms with Crippen molar-refractivity contribution in [1.29, 1.82) is 0 Å². The first-order valence-electron chi connectivity index (χ1n) is 8.16. The lowest BCUT2D eigenvalue weighted by molar-refractivity contribution is -0.130. The number of nitrogens with zero attached hydrogens (tertiary/aromatic N) is 3. The van der Waals surface area contributed by atoms with Gasteiger partial charge in [-0.3, -0.25) is 9.69 Å². The lowest BCUT2D eigenvalue weighted by Gasteiger charge is -2.25. The van der Waals surface area contributed by atoms with Gasteiger partial charge in [0.25, 0.3) is 0 Å². The molecule has 0 aliphatic carbocycles. The summed E-state index contributed by atoms with van der Waals surface area (Å²) < 4.78 is 5.30. The van der Waals surface area contributed by atoms with Gasteiger partial charge in [-0.2, -0.15) is 0 Å². The fourth-order valence-corrected chi connectivity index (χ4v) is 3.75. The second-order valence-electron chi connectivity index (χ2n) is 6.33. The number of rotatable bonds is 2. The Bertz CT molecular complexity index is 681. The second kappa shape index (κ2) is 5.72. The maximum absolute atomic E-state index is 12.7. The summed E-state index contributed by atoms with van der Waals surface area (Å²) in [6, 6.07) is 8.28. The third-order valence-electron chi connectivity index (χ3n) is 4.93. The highest BCUT2D eigenvalue weighted by atomic mass is 16.5. The quantitative estimate of drug-likeness (QED) is 0.852. The number of aromatic nitrogens is 1. The Morgan fingerprint density at radius 3 is 3.05 bits per heavy atom. The fraction of sp³-hybridized carbons (Fsp3) is 0.529. The highest BCUT2D eigenvalue weighted by Gasteiger charge is 2.30. The molecule has 5 nitrogen and oxygen atoms in total. The van der Waals surface area contributed by atoms with Gasteiger partial charge in [0, 0.05) is 31.1 Å². The Kier molecular flexibility index (Phi) is 3.58. The standard InChI is InChI=1S/C17H21N3O2/c21-17(11-15-14-6-1-2-7-16(14)22-18-15)20-10-4-9-19-8-3-5-13(19)12-20/h1-2,6-7,13H,3-5,8-12H2/t13-/m0/s1. The largest absolute Gasteiger partial charge is 0.356 e. The van der Waals surface area contributed by atoms with E-state index in [-0.39, 0.29) is 5.91 Å². The molecule has 0 N–H and O–H groups in total. The van der Waals surface area contributed by atoms with E-state index in [0.717, 1.165) is 42.7 Å². The normalized spacial score (nSPS) is 22.7. The zero-order valence-corrected chi connectivity index (χ0v) is 12.7. The van der Waals surface area contributed by atoms with Gasteiger partial charge in [-0.25, -0.2) is 0 Å². The molecule has 22 heavy (non-hydrogen) atoms. The van der Waals surface area contributed by atoms with Crippen molar-refractivity contribution >= 4 is 16.9 Å². The Morgan fingerprint density at radius 1 is 1.23 bits per heavy atom. The molecule has 1 atom stereocenters. The van der Waals surface area contributed by atoms with Crippen molar-refractivity contribution in [3.63, 3.8) is 0 Å². The van der Waals surface area contributed by atoms with Crippen LogP contribution in [-0.4, -0.2) is 53.1 Å². The number of benzene rings is 1. The van der Waals surface area contributed by atoms with Gasteiger partial charge in [-0.15, -0.1) is 0 Å². The van der Waals surface area contributed by atoms with E-state index in [1.165, 1.54) is 19.4 Å². The van der Waals surface area contributed by atoms with Gasteiger partial charge >= 0.3 is 0 Å². The Hall–Kier alpha value is -1.88. The van der Waals surface area contributed by atoms with E-state index in [0.29, 0.717) is 12.5 Å². The number of hydrogen-bond donors (Lipinski definition) is 0. The van der Waals surface area contributed by atoms with Crippen molar-refractivity contribution in [2.24, 2.45) is 0 Å². The summed E-state index contributed by atoms with van der Waals surface area (Å²) in [6.07, 6.45) is 3.89. The van der Waals surface area contributed by atoms with Crippen molar-refractivity contribution in [1.82, 2.24) is 15.0 Å². The number of carbonyl (C=O) groups excluding carboxylic acids is 1.